The van der Waals surface area contributed by atoms with Crippen molar-refractivity contribution in [2.45, 2.75) is 12.7 Å². The third-order valence-corrected chi connectivity index (χ3v) is 1.98. The van der Waals surface area contributed by atoms with Crippen LogP contribution in [0.3, 0.4) is 0 Å². The third kappa shape index (κ3) is 2.35. The van der Waals surface area contributed by atoms with Gasteiger partial charge in [-0.1, -0.05) is 6.92 Å². The molecule has 0 amide bonds. The van der Waals surface area contributed by atoms with Gasteiger partial charge in [-0.2, -0.15) is 11.8 Å². The Bertz CT molecular complexity index is 176. The molecule has 0 bridgehead atoms. The zero-order chi connectivity index (χ0) is 7.23. The molecule has 0 saturated heterocycles. The van der Waals surface area contributed by atoms with E-state index in [1.807, 2.05) is 18.0 Å². The van der Waals surface area contributed by atoms with Gasteiger partial charge in [-0.25, -0.2) is 0 Å². The van der Waals surface area contributed by atoms with E-state index < -0.39 is 0 Å². The molecule has 54 valence electrons. The molecule has 0 aliphatic carbocycles. The van der Waals surface area contributed by atoms with Gasteiger partial charge in [0.25, 0.3) is 0 Å². The largest absolute Gasteiger partial charge is 0.261 e. The number of nitrogens with zero attached hydrogens (tertiary/aromatic N) is 2. The van der Waals surface area contributed by atoms with Crippen molar-refractivity contribution in [3.05, 3.63) is 24.3 Å². The van der Waals surface area contributed by atoms with Gasteiger partial charge in [-0.15, -0.1) is 0 Å². The molecule has 0 atom stereocenters. The molecule has 0 unspecified atom stereocenters. The summed E-state index contributed by atoms with van der Waals surface area (Å²) in [4.78, 5) is 8.09. The zero-order valence-electron chi connectivity index (χ0n) is 5.95. The molecule has 0 aliphatic rings. The lowest BCUT2D eigenvalue weighted by Crippen LogP contribution is -1.86. The first-order valence-electron chi connectivity index (χ1n) is 3.26. The topological polar surface area (TPSA) is 25.8 Å². The number of hydrogen-bond acceptors (Lipinski definition) is 3. The molecule has 1 aromatic heterocycles. The summed E-state index contributed by atoms with van der Waals surface area (Å²) in [6.45, 7) is 2.14. The van der Waals surface area contributed by atoms with Crippen molar-refractivity contribution in [2.24, 2.45) is 0 Å². The monoisotopic (exact) mass is 154 g/mol. The van der Waals surface area contributed by atoms with Crippen molar-refractivity contribution in [1.82, 2.24) is 9.97 Å². The molecule has 1 rings (SSSR count). The predicted octanol–water partition coefficient (Wildman–Crippen LogP) is 1.73. The van der Waals surface area contributed by atoms with Crippen molar-refractivity contribution in [1.29, 1.82) is 0 Å². The predicted molar refractivity (Wildman–Crippen MR) is 43.9 cm³/mol. The van der Waals surface area contributed by atoms with Crippen LogP contribution in [0.25, 0.3) is 0 Å². The molecule has 0 spiro atoms. The highest BCUT2D eigenvalue weighted by atomic mass is 32.2. The quantitative estimate of drug-likeness (QED) is 0.663. The standard InChI is InChI=1S/C7H10N2S/c1-2-10-6-7-5-8-3-4-9-7/h3-5H,2,6H2,1H3. The lowest BCUT2D eigenvalue weighted by molar-refractivity contribution is 1.10. The van der Waals surface area contributed by atoms with Gasteiger partial charge in [0.05, 0.1) is 5.69 Å². The Kier molecular flexibility index (Phi) is 3.22. The maximum Gasteiger partial charge on any atom is 0.0685 e. The summed E-state index contributed by atoms with van der Waals surface area (Å²) in [6.07, 6.45) is 5.23. The third-order valence-electron chi connectivity index (χ3n) is 1.07. The van der Waals surface area contributed by atoms with E-state index in [1.165, 1.54) is 0 Å². The van der Waals surface area contributed by atoms with E-state index >= 15 is 0 Å². The molecule has 2 nitrogen and oxygen atoms in total. The number of aromatic nitrogens is 2. The molecule has 3 heteroatoms. The highest BCUT2D eigenvalue weighted by Crippen LogP contribution is 2.06. The summed E-state index contributed by atoms with van der Waals surface area (Å²) in [6, 6.07) is 0. The first kappa shape index (κ1) is 7.54. The van der Waals surface area contributed by atoms with Gasteiger partial charge in [-0.05, 0) is 5.75 Å². The minimum absolute atomic E-state index is 0.977. The fourth-order valence-electron chi connectivity index (χ4n) is 0.611. The Morgan fingerprint density at radius 1 is 1.50 bits per heavy atom. The van der Waals surface area contributed by atoms with Crippen LogP contribution in [0.2, 0.25) is 0 Å². The number of hydrogen-bond donors (Lipinski definition) is 0. The summed E-state index contributed by atoms with van der Waals surface area (Å²) < 4.78 is 0. The van der Waals surface area contributed by atoms with Crippen LogP contribution >= 0.6 is 11.8 Å². The van der Waals surface area contributed by atoms with E-state index in [0.29, 0.717) is 0 Å². The van der Waals surface area contributed by atoms with E-state index in [2.05, 4.69) is 16.9 Å². The van der Waals surface area contributed by atoms with Gasteiger partial charge in [-0.3, -0.25) is 9.97 Å². The van der Waals surface area contributed by atoms with Crippen molar-refractivity contribution >= 4 is 11.8 Å². The van der Waals surface area contributed by atoms with Crippen LogP contribution in [0.5, 0.6) is 0 Å². The van der Waals surface area contributed by atoms with Crippen LogP contribution in [0, 0.1) is 0 Å². The first-order valence-corrected chi connectivity index (χ1v) is 4.41. The maximum atomic E-state index is 4.13. The molecule has 0 radical (unpaired) electrons. The van der Waals surface area contributed by atoms with Gasteiger partial charge in [0, 0.05) is 24.3 Å². The molecular weight excluding hydrogens is 144 g/mol. The fraction of sp³-hybridized carbons (Fsp3) is 0.429. The van der Waals surface area contributed by atoms with Crippen LogP contribution in [0.1, 0.15) is 12.6 Å². The number of thioether (sulfide) groups is 1. The Morgan fingerprint density at radius 3 is 3.00 bits per heavy atom. The van der Waals surface area contributed by atoms with Gasteiger partial charge >= 0.3 is 0 Å². The molecule has 0 N–H and O–H groups in total. The van der Waals surface area contributed by atoms with Crippen molar-refractivity contribution in [2.75, 3.05) is 5.75 Å². The molecule has 1 aromatic rings. The van der Waals surface area contributed by atoms with E-state index in [4.69, 9.17) is 0 Å². The van der Waals surface area contributed by atoms with Crippen LogP contribution in [-0.2, 0) is 5.75 Å². The highest BCUT2D eigenvalue weighted by Gasteiger charge is 1.90. The average molecular weight is 154 g/mol. The summed E-state index contributed by atoms with van der Waals surface area (Å²) in [7, 11) is 0. The molecule has 0 aromatic carbocycles. The molecular formula is C7H10N2S. The Labute approximate surface area is 65.1 Å². The molecule has 0 aliphatic heterocycles. The summed E-state index contributed by atoms with van der Waals surface area (Å²) in [5, 5.41) is 0. The Balaban J connectivity index is 2.43. The molecule has 0 saturated carbocycles. The smallest absolute Gasteiger partial charge is 0.0685 e. The fourth-order valence-corrected chi connectivity index (χ4v) is 1.17. The SMILES string of the molecule is CCSCc1cnccn1. The van der Waals surface area contributed by atoms with Gasteiger partial charge in [0.1, 0.15) is 0 Å². The van der Waals surface area contributed by atoms with Crippen molar-refractivity contribution in [3.63, 3.8) is 0 Å². The first-order chi connectivity index (χ1) is 4.93. The van der Waals surface area contributed by atoms with Crippen LogP contribution in [0.15, 0.2) is 18.6 Å². The van der Waals surface area contributed by atoms with Crippen LogP contribution in [0.4, 0.5) is 0 Å². The minimum Gasteiger partial charge on any atom is -0.261 e. The van der Waals surface area contributed by atoms with E-state index in [0.717, 1.165) is 17.2 Å². The summed E-state index contributed by atoms with van der Waals surface area (Å²) >= 11 is 1.86. The maximum absolute atomic E-state index is 4.13. The van der Waals surface area contributed by atoms with Crippen molar-refractivity contribution in [3.8, 4) is 0 Å². The van der Waals surface area contributed by atoms with Crippen LogP contribution in [-0.4, -0.2) is 15.7 Å². The molecule has 0 fully saturated rings. The molecule has 1 heterocycles. The molecule has 10 heavy (non-hydrogen) atoms. The van der Waals surface area contributed by atoms with E-state index in [9.17, 15) is 0 Å². The second-order valence-corrected chi connectivity index (χ2v) is 3.11. The number of rotatable bonds is 3. The van der Waals surface area contributed by atoms with E-state index in [-0.39, 0.29) is 0 Å². The van der Waals surface area contributed by atoms with E-state index in [1.54, 1.807) is 12.4 Å². The minimum atomic E-state index is 0.977. The summed E-state index contributed by atoms with van der Waals surface area (Å²) in [5.74, 6) is 2.11. The van der Waals surface area contributed by atoms with Crippen molar-refractivity contribution < 1.29 is 0 Å². The second-order valence-electron chi connectivity index (χ2n) is 1.83. The van der Waals surface area contributed by atoms with Gasteiger partial charge in [0.15, 0.2) is 0 Å². The summed E-state index contributed by atoms with van der Waals surface area (Å²) in [5.41, 5.74) is 1.06. The lowest BCUT2D eigenvalue weighted by atomic mass is 10.5. The Morgan fingerprint density at radius 2 is 2.40 bits per heavy atom. The Hall–Kier alpha value is -0.570. The average Bonchev–Trinajstić information content (AvgIpc) is 2.03. The normalized spacial score (nSPS) is 9.70. The van der Waals surface area contributed by atoms with Gasteiger partial charge in [0.2, 0.25) is 0 Å². The van der Waals surface area contributed by atoms with Crippen LogP contribution < -0.4 is 0 Å². The lowest BCUT2D eigenvalue weighted by Gasteiger charge is -1.94. The van der Waals surface area contributed by atoms with Gasteiger partial charge < -0.3 is 0 Å². The highest BCUT2D eigenvalue weighted by molar-refractivity contribution is 7.98. The zero-order valence-corrected chi connectivity index (χ0v) is 6.77. The second kappa shape index (κ2) is 4.28.